The molecule has 30 heavy (non-hydrogen) atoms. The van der Waals surface area contributed by atoms with E-state index in [0.29, 0.717) is 26.2 Å². The van der Waals surface area contributed by atoms with E-state index in [9.17, 15) is 13.2 Å². The van der Waals surface area contributed by atoms with E-state index in [1.54, 1.807) is 6.08 Å². The van der Waals surface area contributed by atoms with Crippen LogP contribution in [0, 0.1) is 0 Å². The van der Waals surface area contributed by atoms with Gasteiger partial charge in [0.05, 0.1) is 6.26 Å². The van der Waals surface area contributed by atoms with Crippen LogP contribution in [-0.4, -0.2) is 56.2 Å². The van der Waals surface area contributed by atoms with Crippen molar-refractivity contribution in [2.45, 2.75) is 0 Å². The molecule has 158 valence electrons. The number of piperazine rings is 1. The van der Waals surface area contributed by atoms with E-state index in [1.807, 2.05) is 54.6 Å². The van der Waals surface area contributed by atoms with Crippen molar-refractivity contribution in [1.29, 1.82) is 0 Å². The minimum Gasteiger partial charge on any atom is -0.369 e. The van der Waals surface area contributed by atoms with Crippen molar-refractivity contribution in [3.63, 3.8) is 0 Å². The Morgan fingerprint density at radius 1 is 1.00 bits per heavy atom. The molecule has 1 aliphatic rings. The Bertz CT molecular complexity index is 1010. The number of hydrogen-bond acceptors (Lipinski definition) is 5. The number of thiocarbonyl (C=S) groups is 1. The van der Waals surface area contributed by atoms with Gasteiger partial charge in [-0.3, -0.25) is 10.1 Å². The van der Waals surface area contributed by atoms with Crippen molar-refractivity contribution in [3.8, 4) is 0 Å². The summed E-state index contributed by atoms with van der Waals surface area (Å²) >= 11 is 5.20. The molecule has 0 aliphatic carbocycles. The lowest BCUT2D eigenvalue weighted by atomic mass is 10.2. The van der Waals surface area contributed by atoms with Crippen LogP contribution >= 0.6 is 12.2 Å². The Balaban J connectivity index is 1.49. The first kappa shape index (κ1) is 21.9. The van der Waals surface area contributed by atoms with Crippen LogP contribution in [0.1, 0.15) is 5.56 Å². The zero-order valence-electron chi connectivity index (χ0n) is 16.6. The molecule has 0 aromatic heterocycles. The van der Waals surface area contributed by atoms with E-state index in [0.717, 1.165) is 16.9 Å². The lowest BCUT2D eigenvalue weighted by molar-refractivity contribution is -0.115. The Morgan fingerprint density at radius 3 is 2.23 bits per heavy atom. The van der Waals surface area contributed by atoms with Crippen LogP contribution < -0.4 is 15.5 Å². The summed E-state index contributed by atoms with van der Waals surface area (Å²) in [5.74, 6) is -0.309. The average molecular weight is 445 g/mol. The number of benzene rings is 2. The molecule has 2 aromatic carbocycles. The van der Waals surface area contributed by atoms with E-state index in [1.165, 1.54) is 16.6 Å². The van der Waals surface area contributed by atoms with Crippen LogP contribution in [-0.2, 0) is 14.8 Å². The highest BCUT2D eigenvalue weighted by Crippen LogP contribution is 2.20. The van der Waals surface area contributed by atoms with Gasteiger partial charge in [0.25, 0.3) is 0 Å². The van der Waals surface area contributed by atoms with Gasteiger partial charge in [-0.25, -0.2) is 8.42 Å². The smallest absolute Gasteiger partial charge is 0.250 e. The van der Waals surface area contributed by atoms with E-state index < -0.39 is 10.0 Å². The summed E-state index contributed by atoms with van der Waals surface area (Å²) in [5.41, 5.74) is 2.69. The topological polar surface area (TPSA) is 81.8 Å². The van der Waals surface area contributed by atoms with E-state index >= 15 is 0 Å². The fourth-order valence-electron chi connectivity index (χ4n) is 3.09. The molecule has 1 saturated heterocycles. The third-order valence-corrected chi connectivity index (χ3v) is 6.17. The Labute approximate surface area is 182 Å². The highest BCUT2D eigenvalue weighted by atomic mass is 32.2. The Kier molecular flexibility index (Phi) is 7.20. The number of sulfonamides is 1. The molecule has 9 heteroatoms. The number of carbonyl (C=O) groups excluding carboxylic acids is 1. The molecule has 0 radical (unpaired) electrons. The molecule has 0 saturated carbocycles. The number of nitrogens with zero attached hydrogens (tertiary/aromatic N) is 2. The highest BCUT2D eigenvalue weighted by Gasteiger charge is 2.23. The second-order valence-electron chi connectivity index (χ2n) is 6.88. The van der Waals surface area contributed by atoms with Gasteiger partial charge in [0.2, 0.25) is 15.9 Å². The zero-order chi connectivity index (χ0) is 21.6. The van der Waals surface area contributed by atoms with E-state index in [-0.39, 0.29) is 11.0 Å². The summed E-state index contributed by atoms with van der Waals surface area (Å²) in [5, 5.41) is 5.82. The molecule has 1 fully saturated rings. The molecule has 1 heterocycles. The fourth-order valence-corrected chi connectivity index (χ4v) is 4.13. The van der Waals surface area contributed by atoms with Crippen LogP contribution in [0.5, 0.6) is 0 Å². The maximum absolute atomic E-state index is 12.0. The number of carbonyl (C=O) groups is 1. The number of nitrogens with one attached hydrogen (secondary N) is 2. The van der Waals surface area contributed by atoms with Gasteiger partial charge in [-0.1, -0.05) is 30.3 Å². The van der Waals surface area contributed by atoms with Crippen LogP contribution in [0.25, 0.3) is 6.08 Å². The van der Waals surface area contributed by atoms with Gasteiger partial charge in [0, 0.05) is 43.6 Å². The quantitative estimate of drug-likeness (QED) is 0.544. The summed E-state index contributed by atoms with van der Waals surface area (Å²) in [7, 11) is -3.14. The SMILES string of the molecule is CS(=O)(=O)N1CCN(c2ccc(NC(=S)NC(=O)C=Cc3ccccc3)cc2)CC1. The third kappa shape index (κ3) is 6.38. The second-order valence-corrected chi connectivity index (χ2v) is 9.27. The number of anilines is 2. The van der Waals surface area contributed by atoms with E-state index in [2.05, 4.69) is 15.5 Å². The summed E-state index contributed by atoms with van der Waals surface area (Å²) in [4.78, 5) is 14.1. The van der Waals surface area contributed by atoms with Gasteiger partial charge in [0.1, 0.15) is 0 Å². The maximum atomic E-state index is 12.0. The summed E-state index contributed by atoms with van der Waals surface area (Å²) < 4.78 is 24.7. The third-order valence-electron chi connectivity index (χ3n) is 4.66. The first-order chi connectivity index (χ1) is 14.3. The zero-order valence-corrected chi connectivity index (χ0v) is 18.2. The van der Waals surface area contributed by atoms with Gasteiger partial charge in [-0.05, 0) is 48.1 Å². The second kappa shape index (κ2) is 9.84. The molecular formula is C21H24N4O3S2. The monoisotopic (exact) mass is 444 g/mol. The molecule has 1 amide bonds. The number of rotatable bonds is 5. The van der Waals surface area contributed by atoms with Crippen molar-refractivity contribution in [1.82, 2.24) is 9.62 Å². The predicted molar refractivity (Wildman–Crippen MR) is 125 cm³/mol. The Hall–Kier alpha value is -2.75. The predicted octanol–water partition coefficient (Wildman–Crippen LogP) is 2.29. The van der Waals surface area contributed by atoms with Crippen molar-refractivity contribution in [2.75, 3.05) is 42.7 Å². The van der Waals surface area contributed by atoms with Gasteiger partial charge in [-0.2, -0.15) is 4.31 Å². The lowest BCUT2D eigenvalue weighted by Crippen LogP contribution is -2.48. The fraction of sp³-hybridized carbons (Fsp3) is 0.238. The molecule has 0 atom stereocenters. The van der Waals surface area contributed by atoms with Crippen LogP contribution in [0.3, 0.4) is 0 Å². The minimum absolute atomic E-state index is 0.215. The van der Waals surface area contributed by atoms with Crippen molar-refractivity contribution >= 4 is 50.7 Å². The first-order valence-electron chi connectivity index (χ1n) is 9.46. The number of hydrogen-bond donors (Lipinski definition) is 2. The molecular weight excluding hydrogens is 420 g/mol. The van der Waals surface area contributed by atoms with Gasteiger partial charge >= 0.3 is 0 Å². The van der Waals surface area contributed by atoms with Gasteiger partial charge in [0.15, 0.2) is 5.11 Å². The van der Waals surface area contributed by atoms with Crippen LogP contribution in [0.15, 0.2) is 60.7 Å². The standard InChI is InChI=1S/C21H24N4O3S2/c1-30(27,28)25-15-13-24(14-16-25)19-10-8-18(9-11-19)22-21(29)23-20(26)12-7-17-5-3-2-4-6-17/h2-12H,13-16H2,1H3,(H2,22,23,26,29). The molecule has 7 nitrogen and oxygen atoms in total. The first-order valence-corrected chi connectivity index (χ1v) is 11.7. The molecule has 0 unspecified atom stereocenters. The highest BCUT2D eigenvalue weighted by molar-refractivity contribution is 7.88. The summed E-state index contributed by atoms with van der Waals surface area (Å²) in [6, 6.07) is 17.2. The summed E-state index contributed by atoms with van der Waals surface area (Å²) in [6.07, 6.45) is 4.39. The normalized spacial score (nSPS) is 15.2. The molecule has 0 spiro atoms. The maximum Gasteiger partial charge on any atom is 0.250 e. The average Bonchev–Trinajstić information content (AvgIpc) is 2.73. The molecule has 3 rings (SSSR count). The minimum atomic E-state index is -3.14. The summed E-state index contributed by atoms with van der Waals surface area (Å²) in [6.45, 7) is 2.24. The molecule has 2 aromatic rings. The van der Waals surface area contributed by atoms with Crippen molar-refractivity contribution < 1.29 is 13.2 Å². The van der Waals surface area contributed by atoms with Crippen molar-refractivity contribution in [3.05, 3.63) is 66.2 Å². The number of amides is 1. The van der Waals surface area contributed by atoms with E-state index in [4.69, 9.17) is 12.2 Å². The molecule has 1 aliphatic heterocycles. The molecule has 0 bridgehead atoms. The van der Waals surface area contributed by atoms with Crippen molar-refractivity contribution in [2.24, 2.45) is 0 Å². The van der Waals surface area contributed by atoms with Gasteiger partial charge in [-0.15, -0.1) is 0 Å². The van der Waals surface area contributed by atoms with Crippen LogP contribution in [0.2, 0.25) is 0 Å². The van der Waals surface area contributed by atoms with Crippen LogP contribution in [0.4, 0.5) is 11.4 Å². The molecule has 2 N–H and O–H groups in total. The Morgan fingerprint density at radius 2 is 1.63 bits per heavy atom. The largest absolute Gasteiger partial charge is 0.369 e. The van der Waals surface area contributed by atoms with Gasteiger partial charge < -0.3 is 10.2 Å². The lowest BCUT2D eigenvalue weighted by Gasteiger charge is -2.34.